The lowest BCUT2D eigenvalue weighted by atomic mass is 9.73. The van der Waals surface area contributed by atoms with Gasteiger partial charge in [0.15, 0.2) is 0 Å². The van der Waals surface area contributed by atoms with E-state index in [0.29, 0.717) is 0 Å². The summed E-state index contributed by atoms with van der Waals surface area (Å²) in [5.74, 6) is -2.17. The SMILES string of the molecule is Cc1ccc(F)c(C(=O)NC2(CN)CCCCC2C)c1F. The molecule has 1 amide bonds. The number of hydrogen-bond acceptors (Lipinski definition) is 2. The Morgan fingerprint density at radius 2 is 2.14 bits per heavy atom. The number of halogens is 2. The summed E-state index contributed by atoms with van der Waals surface area (Å²) in [4.78, 5) is 12.4. The highest BCUT2D eigenvalue weighted by atomic mass is 19.1. The predicted molar refractivity (Wildman–Crippen MR) is 78.0 cm³/mol. The highest BCUT2D eigenvalue weighted by molar-refractivity contribution is 5.95. The summed E-state index contributed by atoms with van der Waals surface area (Å²) in [5, 5.41) is 2.81. The number of nitrogens with two attached hydrogens (primary N) is 1. The zero-order valence-electron chi connectivity index (χ0n) is 12.5. The van der Waals surface area contributed by atoms with Gasteiger partial charge in [-0.25, -0.2) is 8.78 Å². The minimum absolute atomic E-state index is 0.191. The summed E-state index contributed by atoms with van der Waals surface area (Å²) in [7, 11) is 0. The summed E-state index contributed by atoms with van der Waals surface area (Å²) in [5.41, 5.74) is 5.02. The minimum Gasteiger partial charge on any atom is -0.345 e. The maximum Gasteiger partial charge on any atom is 0.257 e. The molecular weight excluding hydrogens is 274 g/mol. The lowest BCUT2D eigenvalue weighted by molar-refractivity contribution is 0.0804. The van der Waals surface area contributed by atoms with E-state index in [0.717, 1.165) is 31.7 Å². The van der Waals surface area contributed by atoms with Gasteiger partial charge in [-0.15, -0.1) is 0 Å². The highest BCUT2D eigenvalue weighted by Gasteiger charge is 2.39. The van der Waals surface area contributed by atoms with Crippen molar-refractivity contribution < 1.29 is 13.6 Å². The first-order chi connectivity index (χ1) is 9.91. The summed E-state index contributed by atoms with van der Waals surface area (Å²) in [6.07, 6.45) is 3.74. The third kappa shape index (κ3) is 2.93. The summed E-state index contributed by atoms with van der Waals surface area (Å²) < 4.78 is 27.9. The van der Waals surface area contributed by atoms with Gasteiger partial charge < -0.3 is 11.1 Å². The number of amides is 1. The van der Waals surface area contributed by atoms with Gasteiger partial charge in [-0.3, -0.25) is 4.79 Å². The van der Waals surface area contributed by atoms with E-state index in [4.69, 9.17) is 5.73 Å². The van der Waals surface area contributed by atoms with Crippen molar-refractivity contribution in [1.82, 2.24) is 5.32 Å². The molecule has 0 radical (unpaired) electrons. The number of hydrogen-bond donors (Lipinski definition) is 2. The van der Waals surface area contributed by atoms with Crippen molar-refractivity contribution >= 4 is 5.91 Å². The number of benzene rings is 1. The molecule has 3 N–H and O–H groups in total. The van der Waals surface area contributed by atoms with Crippen LogP contribution in [0.4, 0.5) is 8.78 Å². The second kappa shape index (κ2) is 6.10. The van der Waals surface area contributed by atoms with Crippen LogP contribution in [0.2, 0.25) is 0 Å². The lowest BCUT2D eigenvalue weighted by Crippen LogP contribution is -2.59. The first-order valence-electron chi connectivity index (χ1n) is 7.38. The Labute approximate surface area is 123 Å². The van der Waals surface area contributed by atoms with E-state index in [1.54, 1.807) is 0 Å². The minimum atomic E-state index is -0.841. The molecule has 1 saturated carbocycles. The molecule has 1 aliphatic carbocycles. The summed E-state index contributed by atoms with van der Waals surface area (Å²) >= 11 is 0. The van der Waals surface area contributed by atoms with Crippen molar-refractivity contribution in [1.29, 1.82) is 0 Å². The molecule has 0 saturated heterocycles. The van der Waals surface area contributed by atoms with Gasteiger partial charge in [0.25, 0.3) is 5.91 Å². The smallest absolute Gasteiger partial charge is 0.257 e. The van der Waals surface area contributed by atoms with Crippen LogP contribution in [-0.4, -0.2) is 18.0 Å². The third-order valence-corrected chi connectivity index (χ3v) is 4.69. The van der Waals surface area contributed by atoms with Gasteiger partial charge in [0.05, 0.1) is 5.54 Å². The molecule has 5 heteroatoms. The van der Waals surface area contributed by atoms with Crippen molar-refractivity contribution in [2.45, 2.75) is 45.1 Å². The molecule has 3 nitrogen and oxygen atoms in total. The topological polar surface area (TPSA) is 55.1 Å². The number of aryl methyl sites for hydroxylation is 1. The van der Waals surface area contributed by atoms with E-state index in [-0.39, 0.29) is 18.0 Å². The molecule has 1 aliphatic rings. The Bertz CT molecular complexity index is 547. The van der Waals surface area contributed by atoms with Crippen LogP contribution in [0.15, 0.2) is 12.1 Å². The molecule has 2 atom stereocenters. The van der Waals surface area contributed by atoms with Crippen LogP contribution < -0.4 is 11.1 Å². The Morgan fingerprint density at radius 1 is 1.43 bits per heavy atom. The second-order valence-electron chi connectivity index (χ2n) is 6.01. The summed E-state index contributed by atoms with van der Waals surface area (Å²) in [6, 6.07) is 2.44. The van der Waals surface area contributed by atoms with Gasteiger partial charge in [-0.2, -0.15) is 0 Å². The van der Waals surface area contributed by atoms with Crippen molar-refractivity contribution in [3.8, 4) is 0 Å². The molecule has 0 spiro atoms. The van der Waals surface area contributed by atoms with Crippen LogP contribution in [0.5, 0.6) is 0 Å². The van der Waals surface area contributed by atoms with E-state index < -0.39 is 28.6 Å². The van der Waals surface area contributed by atoms with Crippen molar-refractivity contribution in [2.24, 2.45) is 11.7 Å². The fourth-order valence-corrected chi connectivity index (χ4v) is 3.11. The van der Waals surface area contributed by atoms with Crippen LogP contribution in [0, 0.1) is 24.5 Å². The van der Waals surface area contributed by atoms with Gasteiger partial charge in [-0.05, 0) is 37.3 Å². The maximum atomic E-state index is 14.1. The molecule has 2 unspecified atom stereocenters. The molecule has 1 fully saturated rings. The predicted octanol–water partition coefficient (Wildman–Crippen LogP) is 2.91. The fraction of sp³-hybridized carbons (Fsp3) is 0.562. The van der Waals surface area contributed by atoms with E-state index in [9.17, 15) is 13.6 Å². The van der Waals surface area contributed by atoms with Crippen LogP contribution in [0.25, 0.3) is 0 Å². The van der Waals surface area contributed by atoms with Gasteiger partial charge in [0.1, 0.15) is 17.2 Å². The number of nitrogens with one attached hydrogen (secondary N) is 1. The van der Waals surface area contributed by atoms with E-state index in [1.165, 1.54) is 13.0 Å². The largest absolute Gasteiger partial charge is 0.345 e. The Balaban J connectivity index is 2.31. The zero-order chi connectivity index (χ0) is 15.6. The van der Waals surface area contributed by atoms with Crippen LogP contribution in [0.3, 0.4) is 0 Å². The Hall–Kier alpha value is -1.49. The summed E-state index contributed by atoms with van der Waals surface area (Å²) in [6.45, 7) is 3.80. The Kier molecular flexibility index (Phi) is 4.61. The van der Waals surface area contributed by atoms with E-state index >= 15 is 0 Å². The average molecular weight is 296 g/mol. The molecule has 2 rings (SSSR count). The molecule has 0 heterocycles. The maximum absolute atomic E-state index is 14.1. The number of rotatable bonds is 3. The average Bonchev–Trinajstić information content (AvgIpc) is 2.46. The quantitative estimate of drug-likeness (QED) is 0.901. The van der Waals surface area contributed by atoms with E-state index in [1.807, 2.05) is 6.92 Å². The molecular formula is C16H22F2N2O. The van der Waals surface area contributed by atoms with Crippen LogP contribution in [0.1, 0.15) is 48.5 Å². The standard InChI is InChI=1S/C16H22F2N2O/c1-10-6-7-12(17)13(14(10)18)15(21)20-16(9-19)8-4-3-5-11(16)2/h6-7,11H,3-5,8-9,19H2,1-2H3,(H,20,21). The molecule has 0 aromatic heterocycles. The first-order valence-corrected chi connectivity index (χ1v) is 7.38. The number of carbonyl (C=O) groups is 1. The molecule has 116 valence electrons. The van der Waals surface area contributed by atoms with Gasteiger partial charge in [-0.1, -0.05) is 25.8 Å². The van der Waals surface area contributed by atoms with Crippen molar-refractivity contribution in [3.63, 3.8) is 0 Å². The molecule has 1 aromatic rings. The molecule has 0 aliphatic heterocycles. The molecule has 1 aromatic carbocycles. The fourth-order valence-electron chi connectivity index (χ4n) is 3.11. The zero-order valence-corrected chi connectivity index (χ0v) is 12.5. The normalized spacial score (nSPS) is 25.7. The monoisotopic (exact) mass is 296 g/mol. The lowest BCUT2D eigenvalue weighted by Gasteiger charge is -2.42. The number of carbonyl (C=O) groups excluding carboxylic acids is 1. The first kappa shape index (κ1) is 15.9. The van der Waals surface area contributed by atoms with Gasteiger partial charge in [0.2, 0.25) is 0 Å². The third-order valence-electron chi connectivity index (χ3n) is 4.69. The highest BCUT2D eigenvalue weighted by Crippen LogP contribution is 2.33. The van der Waals surface area contributed by atoms with Crippen LogP contribution in [-0.2, 0) is 0 Å². The van der Waals surface area contributed by atoms with Crippen LogP contribution >= 0.6 is 0 Å². The molecule has 0 bridgehead atoms. The Morgan fingerprint density at radius 3 is 2.76 bits per heavy atom. The van der Waals surface area contributed by atoms with Crippen molar-refractivity contribution in [2.75, 3.05) is 6.54 Å². The van der Waals surface area contributed by atoms with Gasteiger partial charge >= 0.3 is 0 Å². The van der Waals surface area contributed by atoms with Crippen molar-refractivity contribution in [3.05, 3.63) is 34.9 Å². The second-order valence-corrected chi connectivity index (χ2v) is 6.01. The van der Waals surface area contributed by atoms with E-state index in [2.05, 4.69) is 5.32 Å². The molecule has 21 heavy (non-hydrogen) atoms. The van der Waals surface area contributed by atoms with Gasteiger partial charge in [0, 0.05) is 6.54 Å².